The van der Waals surface area contributed by atoms with Crippen molar-refractivity contribution in [2.45, 2.75) is 32.1 Å². The second-order valence-corrected chi connectivity index (χ2v) is 7.29. The summed E-state index contributed by atoms with van der Waals surface area (Å²) in [5.74, 6) is -1.17. The Kier molecular flexibility index (Phi) is 3.90. The summed E-state index contributed by atoms with van der Waals surface area (Å²) in [6, 6.07) is 5.94. The largest absolute Gasteiger partial charge is 0.481 e. The Hall–Kier alpha value is -1.91. The van der Waals surface area contributed by atoms with Gasteiger partial charge in [-0.2, -0.15) is 0 Å². The number of carbonyl (C=O) groups excluding carboxylic acids is 1. The molecule has 0 radical (unpaired) electrons. The zero-order valence-corrected chi connectivity index (χ0v) is 13.5. The number of likely N-dealkylation sites (tertiary alicyclic amines) is 1. The average Bonchev–Trinajstić information content (AvgIpc) is 3.25. The normalized spacial score (nSPS) is 24.7. The molecule has 2 fully saturated rings. The highest BCUT2D eigenvalue weighted by molar-refractivity contribution is 5.88. The van der Waals surface area contributed by atoms with Crippen LogP contribution < -0.4 is 0 Å². The molecule has 1 saturated heterocycles. The molecule has 23 heavy (non-hydrogen) atoms. The van der Waals surface area contributed by atoms with E-state index in [1.54, 1.807) is 17.0 Å². The van der Waals surface area contributed by atoms with Gasteiger partial charge in [-0.3, -0.25) is 9.59 Å². The van der Waals surface area contributed by atoms with Gasteiger partial charge in [-0.05, 0) is 56.2 Å². The maximum absolute atomic E-state index is 13.1. The fourth-order valence-electron chi connectivity index (χ4n) is 3.64. The molecule has 0 spiro atoms. The van der Waals surface area contributed by atoms with Gasteiger partial charge in [0.15, 0.2) is 0 Å². The van der Waals surface area contributed by atoms with E-state index < -0.39 is 17.3 Å². The summed E-state index contributed by atoms with van der Waals surface area (Å²) < 4.78 is 13.1. The van der Waals surface area contributed by atoms with Gasteiger partial charge in [0, 0.05) is 13.1 Å². The van der Waals surface area contributed by atoms with Gasteiger partial charge in [-0.25, -0.2) is 4.39 Å². The number of nitrogens with zero attached hydrogens (tertiary/aromatic N) is 1. The topological polar surface area (TPSA) is 57.6 Å². The Morgan fingerprint density at radius 1 is 1.17 bits per heavy atom. The van der Waals surface area contributed by atoms with Crippen LogP contribution in [0.15, 0.2) is 24.3 Å². The third kappa shape index (κ3) is 2.96. The molecule has 1 aliphatic heterocycles. The van der Waals surface area contributed by atoms with Crippen molar-refractivity contribution in [3.63, 3.8) is 0 Å². The van der Waals surface area contributed by atoms with Gasteiger partial charge in [0.25, 0.3) is 0 Å². The van der Waals surface area contributed by atoms with Gasteiger partial charge in [-0.1, -0.05) is 12.1 Å². The number of aliphatic carboxylic acids is 1. The summed E-state index contributed by atoms with van der Waals surface area (Å²) in [5, 5.41) is 9.43. The van der Waals surface area contributed by atoms with Gasteiger partial charge in [0.2, 0.25) is 5.91 Å². The van der Waals surface area contributed by atoms with E-state index in [2.05, 4.69) is 0 Å². The van der Waals surface area contributed by atoms with Gasteiger partial charge in [0.05, 0.1) is 11.3 Å². The van der Waals surface area contributed by atoms with Crippen molar-refractivity contribution < 1.29 is 19.1 Å². The maximum atomic E-state index is 13.1. The highest BCUT2D eigenvalue weighted by Gasteiger charge is 2.48. The minimum Gasteiger partial charge on any atom is -0.481 e. The van der Waals surface area contributed by atoms with E-state index in [4.69, 9.17) is 0 Å². The smallest absolute Gasteiger partial charge is 0.308 e. The maximum Gasteiger partial charge on any atom is 0.308 e. The van der Waals surface area contributed by atoms with Crippen LogP contribution in [0.2, 0.25) is 0 Å². The molecule has 1 saturated carbocycles. The molecule has 1 aromatic rings. The molecule has 1 amide bonds. The number of hydrogen-bond donors (Lipinski definition) is 1. The zero-order valence-electron chi connectivity index (χ0n) is 13.5. The molecule has 0 aromatic heterocycles. The Balaban J connectivity index is 1.79. The molecule has 3 rings (SSSR count). The van der Waals surface area contributed by atoms with Crippen LogP contribution >= 0.6 is 0 Å². The lowest BCUT2D eigenvalue weighted by atomic mass is 9.83. The van der Waals surface area contributed by atoms with Crippen molar-refractivity contribution in [1.82, 2.24) is 4.90 Å². The van der Waals surface area contributed by atoms with Crippen LogP contribution in [0.25, 0.3) is 0 Å². The lowest BCUT2D eigenvalue weighted by molar-refractivity contribution is -0.143. The number of amides is 1. The van der Waals surface area contributed by atoms with E-state index in [0.717, 1.165) is 18.4 Å². The molecule has 1 N–H and O–H groups in total. The minimum atomic E-state index is -0.809. The molecule has 2 atom stereocenters. The molecule has 1 aromatic carbocycles. The van der Waals surface area contributed by atoms with Crippen LogP contribution in [0.5, 0.6) is 0 Å². The van der Waals surface area contributed by atoms with Crippen LogP contribution in [0, 0.1) is 23.6 Å². The Labute approximate surface area is 135 Å². The quantitative estimate of drug-likeness (QED) is 0.928. The molecule has 0 bridgehead atoms. The first-order valence-corrected chi connectivity index (χ1v) is 8.09. The molecule has 1 heterocycles. The van der Waals surface area contributed by atoms with E-state index in [9.17, 15) is 19.1 Å². The SMILES string of the molecule is CC(C)(C(=O)N1C[C@H](C(=O)O)[C@@H](C2CC2)C1)c1ccc(F)cc1. The van der Waals surface area contributed by atoms with Gasteiger partial charge in [-0.15, -0.1) is 0 Å². The van der Waals surface area contributed by atoms with Crippen LogP contribution in [0.4, 0.5) is 4.39 Å². The summed E-state index contributed by atoms with van der Waals surface area (Å²) in [6.45, 7) is 4.41. The first-order chi connectivity index (χ1) is 10.8. The fourth-order valence-corrected chi connectivity index (χ4v) is 3.64. The molecule has 0 unspecified atom stereocenters. The summed E-state index contributed by atoms with van der Waals surface area (Å²) >= 11 is 0. The number of rotatable bonds is 4. The predicted octanol–water partition coefficient (Wildman–Crippen LogP) is 2.67. The van der Waals surface area contributed by atoms with Crippen molar-refractivity contribution >= 4 is 11.9 Å². The number of carboxylic acids is 1. The van der Waals surface area contributed by atoms with Gasteiger partial charge < -0.3 is 10.0 Å². The summed E-state index contributed by atoms with van der Waals surface area (Å²) in [6.07, 6.45) is 2.13. The summed E-state index contributed by atoms with van der Waals surface area (Å²) in [4.78, 5) is 26.1. The summed E-state index contributed by atoms with van der Waals surface area (Å²) in [5.41, 5.74) is -0.0551. The molecule has 124 valence electrons. The van der Waals surface area contributed by atoms with Crippen LogP contribution in [-0.2, 0) is 15.0 Å². The van der Waals surface area contributed by atoms with Crippen molar-refractivity contribution in [2.75, 3.05) is 13.1 Å². The first-order valence-electron chi connectivity index (χ1n) is 8.09. The van der Waals surface area contributed by atoms with Crippen LogP contribution in [0.1, 0.15) is 32.3 Å². The molecule has 5 heteroatoms. The van der Waals surface area contributed by atoms with Crippen molar-refractivity contribution in [2.24, 2.45) is 17.8 Å². The number of halogens is 1. The Morgan fingerprint density at radius 3 is 2.30 bits per heavy atom. The Bertz CT molecular complexity index is 622. The third-order valence-electron chi connectivity index (χ3n) is 5.30. The number of carbonyl (C=O) groups is 2. The second kappa shape index (κ2) is 5.62. The lowest BCUT2D eigenvalue weighted by Gasteiger charge is -2.30. The van der Waals surface area contributed by atoms with E-state index in [-0.39, 0.29) is 24.2 Å². The fraction of sp³-hybridized carbons (Fsp3) is 0.556. The van der Waals surface area contributed by atoms with E-state index >= 15 is 0 Å². The second-order valence-electron chi connectivity index (χ2n) is 7.29. The number of benzene rings is 1. The molecular weight excluding hydrogens is 297 g/mol. The average molecular weight is 319 g/mol. The van der Waals surface area contributed by atoms with Crippen molar-refractivity contribution in [3.05, 3.63) is 35.6 Å². The Morgan fingerprint density at radius 2 is 1.78 bits per heavy atom. The van der Waals surface area contributed by atoms with Crippen molar-refractivity contribution in [1.29, 1.82) is 0 Å². The predicted molar refractivity (Wildman–Crippen MR) is 83.3 cm³/mol. The first kappa shape index (κ1) is 16.0. The number of carboxylic acid groups (broad SMARTS) is 1. The van der Waals surface area contributed by atoms with E-state index in [1.165, 1.54) is 12.1 Å². The lowest BCUT2D eigenvalue weighted by Crippen LogP contribution is -2.42. The molecule has 4 nitrogen and oxygen atoms in total. The highest BCUT2D eigenvalue weighted by atomic mass is 19.1. The van der Waals surface area contributed by atoms with Crippen molar-refractivity contribution in [3.8, 4) is 0 Å². The monoisotopic (exact) mass is 319 g/mol. The molecular formula is C18H22FNO3. The van der Waals surface area contributed by atoms with E-state index in [1.807, 2.05) is 13.8 Å². The summed E-state index contributed by atoms with van der Waals surface area (Å²) in [7, 11) is 0. The minimum absolute atomic E-state index is 0.0699. The number of hydrogen-bond acceptors (Lipinski definition) is 2. The molecule has 2 aliphatic rings. The molecule has 1 aliphatic carbocycles. The van der Waals surface area contributed by atoms with Crippen LogP contribution in [-0.4, -0.2) is 35.0 Å². The van der Waals surface area contributed by atoms with E-state index in [0.29, 0.717) is 12.5 Å². The third-order valence-corrected chi connectivity index (χ3v) is 5.30. The van der Waals surface area contributed by atoms with Crippen LogP contribution in [0.3, 0.4) is 0 Å². The standard InChI is InChI=1S/C18H22FNO3/c1-18(2,12-5-7-13(19)8-6-12)17(23)20-9-14(11-3-4-11)15(10-20)16(21)22/h5-8,11,14-15H,3-4,9-10H2,1-2H3,(H,21,22)/t14-,15+/m1/s1. The van der Waals surface area contributed by atoms with Gasteiger partial charge in [0.1, 0.15) is 5.82 Å². The van der Waals surface area contributed by atoms with Gasteiger partial charge >= 0.3 is 5.97 Å². The highest BCUT2D eigenvalue weighted by Crippen LogP contribution is 2.44. The zero-order chi connectivity index (χ0) is 16.8.